The third-order valence-corrected chi connectivity index (χ3v) is 3.18. The number of rotatable bonds is 3. The Morgan fingerprint density at radius 3 is 2.68 bits per heavy atom. The Bertz CT molecular complexity index is 891. The number of nitrogens with two attached hydrogens (primary N) is 1. The zero-order valence-electron chi connectivity index (χ0n) is 11.4. The number of carbonyl (C=O) groups is 1. The summed E-state index contributed by atoms with van der Waals surface area (Å²) >= 11 is 0. The first-order valence-electron chi connectivity index (χ1n) is 6.23. The van der Waals surface area contributed by atoms with Crippen LogP contribution in [0, 0.1) is 5.82 Å². The number of aromatic carboxylic acids is 1. The highest BCUT2D eigenvalue weighted by molar-refractivity contribution is 5.95. The highest BCUT2D eigenvalue weighted by Gasteiger charge is 2.20. The van der Waals surface area contributed by atoms with Crippen molar-refractivity contribution in [2.75, 3.05) is 12.8 Å². The number of nitrogen functional groups attached to an aromatic ring is 1. The lowest BCUT2D eigenvalue weighted by atomic mass is 10.0. The van der Waals surface area contributed by atoms with Crippen molar-refractivity contribution in [3.05, 3.63) is 41.8 Å². The predicted molar refractivity (Wildman–Crippen MR) is 76.3 cm³/mol. The molecule has 112 valence electrons. The normalized spacial score (nSPS) is 10.8. The Hall–Kier alpha value is -3.16. The number of anilines is 1. The second-order valence-electron chi connectivity index (χ2n) is 4.49. The average molecular weight is 302 g/mol. The van der Waals surface area contributed by atoms with E-state index in [0.29, 0.717) is 5.75 Å². The molecule has 0 aliphatic rings. The maximum Gasteiger partial charge on any atom is 0.355 e. The molecule has 0 saturated heterocycles. The highest BCUT2D eigenvalue weighted by Crippen LogP contribution is 2.29. The molecule has 0 atom stereocenters. The second-order valence-corrected chi connectivity index (χ2v) is 4.49. The number of halogens is 1. The first-order chi connectivity index (χ1) is 10.5. The number of hydrogen-bond acceptors (Lipinski definition) is 5. The Labute approximate surface area is 123 Å². The van der Waals surface area contributed by atoms with Crippen LogP contribution >= 0.6 is 0 Å². The molecule has 0 aliphatic heterocycles. The minimum absolute atomic E-state index is 0.0603. The van der Waals surface area contributed by atoms with Crippen LogP contribution in [0.4, 0.5) is 10.3 Å². The van der Waals surface area contributed by atoms with E-state index in [9.17, 15) is 14.3 Å². The maximum atomic E-state index is 14.2. The topological polar surface area (TPSA) is 103 Å². The smallest absolute Gasteiger partial charge is 0.355 e. The zero-order valence-corrected chi connectivity index (χ0v) is 11.4. The van der Waals surface area contributed by atoms with Gasteiger partial charge < -0.3 is 15.6 Å². The fraction of sp³-hybridized carbons (Fsp3) is 0.0714. The molecule has 2 heterocycles. The summed E-state index contributed by atoms with van der Waals surface area (Å²) in [4.78, 5) is 15.5. The van der Waals surface area contributed by atoms with Crippen LogP contribution in [0.2, 0.25) is 0 Å². The van der Waals surface area contributed by atoms with Crippen LogP contribution in [0.3, 0.4) is 0 Å². The number of ether oxygens (including phenoxy) is 1. The quantitative estimate of drug-likeness (QED) is 0.765. The number of hydrogen-bond donors (Lipinski definition) is 2. The Balaban J connectivity index is 2.31. The van der Waals surface area contributed by atoms with Crippen molar-refractivity contribution in [1.82, 2.24) is 14.6 Å². The lowest BCUT2D eigenvalue weighted by Crippen LogP contribution is -2.09. The standard InChI is InChI=1S/C14H11FN4O3/c1-22-7-2-3-8(10(15)6-7)9-4-5-11-17-14(16)18-19(11)12(9)13(20)21/h2-6H,1H3,(H2,16,18)(H,20,21). The van der Waals surface area contributed by atoms with Crippen LogP contribution in [0.15, 0.2) is 30.3 Å². The van der Waals surface area contributed by atoms with E-state index in [1.807, 2.05) is 0 Å². The third-order valence-electron chi connectivity index (χ3n) is 3.18. The van der Waals surface area contributed by atoms with Crippen molar-refractivity contribution in [3.63, 3.8) is 0 Å². The summed E-state index contributed by atoms with van der Waals surface area (Å²) in [7, 11) is 1.42. The van der Waals surface area contributed by atoms with E-state index < -0.39 is 11.8 Å². The van der Waals surface area contributed by atoms with E-state index >= 15 is 0 Å². The summed E-state index contributed by atoms with van der Waals surface area (Å²) in [6.45, 7) is 0. The summed E-state index contributed by atoms with van der Waals surface area (Å²) < 4.78 is 20.2. The third kappa shape index (κ3) is 2.10. The molecule has 22 heavy (non-hydrogen) atoms. The van der Waals surface area contributed by atoms with E-state index in [0.717, 1.165) is 4.52 Å². The Morgan fingerprint density at radius 1 is 1.32 bits per heavy atom. The van der Waals surface area contributed by atoms with Crippen LogP contribution in [-0.4, -0.2) is 32.8 Å². The molecule has 3 N–H and O–H groups in total. The molecule has 0 spiro atoms. The lowest BCUT2D eigenvalue weighted by molar-refractivity contribution is 0.0688. The number of pyridine rings is 1. The molecule has 3 aromatic rings. The van der Waals surface area contributed by atoms with Gasteiger partial charge in [0.15, 0.2) is 11.3 Å². The number of benzene rings is 1. The molecule has 0 radical (unpaired) electrons. The number of fused-ring (bicyclic) bond motifs is 1. The van der Waals surface area contributed by atoms with Gasteiger partial charge in [0.25, 0.3) is 0 Å². The zero-order chi connectivity index (χ0) is 15.9. The van der Waals surface area contributed by atoms with Crippen molar-refractivity contribution in [1.29, 1.82) is 0 Å². The average Bonchev–Trinajstić information content (AvgIpc) is 2.85. The minimum Gasteiger partial charge on any atom is -0.497 e. The summed E-state index contributed by atoms with van der Waals surface area (Å²) in [6.07, 6.45) is 0. The number of methoxy groups -OCH3 is 1. The molecule has 0 fully saturated rings. The number of aromatic nitrogens is 3. The van der Waals surface area contributed by atoms with Crippen LogP contribution in [0.5, 0.6) is 5.75 Å². The Kier molecular flexibility index (Phi) is 3.13. The summed E-state index contributed by atoms with van der Waals surface area (Å²) in [6, 6.07) is 7.17. The van der Waals surface area contributed by atoms with Crippen molar-refractivity contribution in [2.45, 2.75) is 0 Å². The van der Waals surface area contributed by atoms with Crippen LogP contribution < -0.4 is 10.5 Å². The van der Waals surface area contributed by atoms with E-state index in [2.05, 4.69) is 10.1 Å². The van der Waals surface area contributed by atoms with Gasteiger partial charge in [0, 0.05) is 17.2 Å². The molecule has 8 heteroatoms. The van der Waals surface area contributed by atoms with Gasteiger partial charge >= 0.3 is 5.97 Å². The van der Waals surface area contributed by atoms with E-state index in [4.69, 9.17) is 10.5 Å². The van der Waals surface area contributed by atoms with Gasteiger partial charge in [-0.2, -0.15) is 4.98 Å². The van der Waals surface area contributed by atoms with Gasteiger partial charge in [0.05, 0.1) is 7.11 Å². The predicted octanol–water partition coefficient (Wildman–Crippen LogP) is 1.82. The van der Waals surface area contributed by atoms with Crippen molar-refractivity contribution >= 4 is 17.6 Å². The molecule has 0 bridgehead atoms. The molecule has 0 amide bonds. The monoisotopic (exact) mass is 302 g/mol. The van der Waals surface area contributed by atoms with Gasteiger partial charge in [-0.25, -0.2) is 13.7 Å². The van der Waals surface area contributed by atoms with E-state index in [1.165, 1.54) is 31.4 Å². The molecule has 2 aromatic heterocycles. The Morgan fingerprint density at radius 2 is 2.05 bits per heavy atom. The molecule has 0 aliphatic carbocycles. The fourth-order valence-electron chi connectivity index (χ4n) is 2.23. The van der Waals surface area contributed by atoms with E-state index in [1.54, 1.807) is 6.07 Å². The fourth-order valence-corrected chi connectivity index (χ4v) is 2.23. The highest BCUT2D eigenvalue weighted by atomic mass is 19.1. The van der Waals surface area contributed by atoms with E-state index in [-0.39, 0.29) is 28.4 Å². The first-order valence-corrected chi connectivity index (χ1v) is 6.23. The summed E-state index contributed by atoms with van der Waals surface area (Å²) in [5.41, 5.74) is 5.83. The van der Waals surface area contributed by atoms with Gasteiger partial charge in [-0.3, -0.25) is 0 Å². The van der Waals surface area contributed by atoms with Gasteiger partial charge in [-0.1, -0.05) is 0 Å². The van der Waals surface area contributed by atoms with Crippen molar-refractivity contribution in [2.24, 2.45) is 0 Å². The maximum absolute atomic E-state index is 14.2. The first kappa shape index (κ1) is 13.8. The minimum atomic E-state index is -1.26. The number of carboxylic acids is 1. The number of nitrogens with zero attached hydrogens (tertiary/aromatic N) is 3. The van der Waals surface area contributed by atoms with Crippen LogP contribution in [-0.2, 0) is 0 Å². The molecular formula is C14H11FN4O3. The molecule has 3 rings (SSSR count). The van der Waals surface area contributed by atoms with Crippen molar-refractivity contribution < 1.29 is 19.0 Å². The van der Waals surface area contributed by atoms with Gasteiger partial charge in [0.1, 0.15) is 11.6 Å². The number of carboxylic acid groups (broad SMARTS) is 1. The largest absolute Gasteiger partial charge is 0.497 e. The van der Waals surface area contributed by atoms with Crippen LogP contribution in [0.25, 0.3) is 16.8 Å². The van der Waals surface area contributed by atoms with Gasteiger partial charge in [-0.15, -0.1) is 5.10 Å². The molecule has 0 saturated carbocycles. The summed E-state index contributed by atoms with van der Waals surface area (Å²) in [5, 5.41) is 13.3. The van der Waals surface area contributed by atoms with Gasteiger partial charge in [0.2, 0.25) is 5.95 Å². The van der Waals surface area contributed by atoms with Crippen LogP contribution in [0.1, 0.15) is 10.5 Å². The molecule has 1 aromatic carbocycles. The molecule has 0 unspecified atom stereocenters. The molecular weight excluding hydrogens is 291 g/mol. The van der Waals surface area contributed by atoms with Crippen molar-refractivity contribution in [3.8, 4) is 16.9 Å². The lowest BCUT2D eigenvalue weighted by Gasteiger charge is -2.10. The molecule has 7 nitrogen and oxygen atoms in total. The van der Waals surface area contributed by atoms with Gasteiger partial charge in [-0.05, 0) is 24.3 Å². The SMILES string of the molecule is COc1ccc(-c2ccc3nc(N)nn3c2C(=O)O)c(F)c1. The second kappa shape index (κ2) is 4.99. The summed E-state index contributed by atoms with van der Waals surface area (Å²) in [5.74, 6) is -1.59.